The van der Waals surface area contributed by atoms with Gasteiger partial charge in [0.1, 0.15) is 5.76 Å². The van der Waals surface area contributed by atoms with Crippen molar-refractivity contribution in [3.05, 3.63) is 23.7 Å². The van der Waals surface area contributed by atoms with Gasteiger partial charge in [-0.1, -0.05) is 0 Å². The summed E-state index contributed by atoms with van der Waals surface area (Å²) in [6.45, 7) is 4.58. The van der Waals surface area contributed by atoms with Gasteiger partial charge in [0.05, 0.1) is 6.26 Å². The molecule has 1 N–H and O–H groups in total. The van der Waals surface area contributed by atoms with Crippen LogP contribution in [0.15, 0.2) is 16.7 Å². The van der Waals surface area contributed by atoms with E-state index < -0.39 is 0 Å². The van der Waals surface area contributed by atoms with Crippen LogP contribution in [0, 0.1) is 0 Å². The molecule has 2 heterocycles. The summed E-state index contributed by atoms with van der Waals surface area (Å²) in [5, 5.41) is 3.76. The van der Waals surface area contributed by atoms with E-state index in [1.165, 1.54) is 37.3 Å². The Kier molecular flexibility index (Phi) is 3.91. The molecule has 0 radical (unpaired) electrons. The molecule has 0 amide bonds. The first kappa shape index (κ1) is 13.2. The van der Waals surface area contributed by atoms with E-state index in [0.29, 0.717) is 12.1 Å². The highest BCUT2D eigenvalue weighted by molar-refractivity contribution is 5.24. The van der Waals surface area contributed by atoms with E-state index in [0.717, 1.165) is 19.5 Å². The quantitative estimate of drug-likeness (QED) is 0.895. The number of aryl methyl sites for hydroxylation is 1. The highest BCUT2D eigenvalue weighted by atomic mass is 16.3. The molecule has 3 rings (SSSR count). The van der Waals surface area contributed by atoms with Gasteiger partial charge in [-0.25, -0.2) is 0 Å². The molecule has 1 aliphatic carbocycles. The second-order valence-corrected chi connectivity index (χ2v) is 6.05. The Morgan fingerprint density at radius 3 is 3.16 bits per heavy atom. The molecule has 1 aromatic rings. The fourth-order valence-electron chi connectivity index (χ4n) is 3.30. The third-order valence-electron chi connectivity index (χ3n) is 4.63. The molecule has 1 fully saturated rings. The Morgan fingerprint density at radius 2 is 2.26 bits per heavy atom. The number of fused-ring (bicyclic) bond motifs is 1. The van der Waals surface area contributed by atoms with E-state index in [2.05, 4.69) is 35.3 Å². The minimum Gasteiger partial charge on any atom is -0.469 e. The number of rotatable bonds is 3. The maximum atomic E-state index is 5.56. The number of piperazine rings is 1. The first-order valence-electron chi connectivity index (χ1n) is 7.42. The maximum Gasteiger partial charge on any atom is 0.108 e. The number of furan rings is 1. The Labute approximate surface area is 115 Å². The van der Waals surface area contributed by atoms with E-state index in [4.69, 9.17) is 4.42 Å². The Morgan fingerprint density at radius 1 is 1.37 bits per heavy atom. The molecule has 19 heavy (non-hydrogen) atoms. The fourth-order valence-corrected chi connectivity index (χ4v) is 3.30. The van der Waals surface area contributed by atoms with E-state index in [-0.39, 0.29) is 0 Å². The summed E-state index contributed by atoms with van der Waals surface area (Å²) in [5.74, 6) is 1.19. The van der Waals surface area contributed by atoms with Crippen LogP contribution in [0.3, 0.4) is 0 Å². The van der Waals surface area contributed by atoms with Crippen molar-refractivity contribution in [2.45, 2.75) is 31.3 Å². The second-order valence-electron chi connectivity index (χ2n) is 6.05. The molecule has 0 bridgehead atoms. The second kappa shape index (κ2) is 5.65. The fraction of sp³-hybridized carbons (Fsp3) is 0.733. The largest absolute Gasteiger partial charge is 0.469 e. The van der Waals surface area contributed by atoms with Crippen molar-refractivity contribution in [1.29, 1.82) is 0 Å². The average molecular weight is 263 g/mol. The molecule has 2 unspecified atom stereocenters. The van der Waals surface area contributed by atoms with Crippen molar-refractivity contribution < 1.29 is 4.42 Å². The van der Waals surface area contributed by atoms with Crippen molar-refractivity contribution >= 4 is 0 Å². The summed E-state index contributed by atoms with van der Waals surface area (Å²) in [6, 6.07) is 3.25. The lowest BCUT2D eigenvalue weighted by Crippen LogP contribution is -2.54. The van der Waals surface area contributed by atoms with Crippen molar-refractivity contribution in [2.75, 3.05) is 40.3 Å². The molecule has 4 heteroatoms. The topological polar surface area (TPSA) is 31.6 Å². The first-order chi connectivity index (χ1) is 9.24. The van der Waals surface area contributed by atoms with Gasteiger partial charge in [-0.3, -0.25) is 4.90 Å². The Balaban J connectivity index is 1.58. The summed E-state index contributed by atoms with van der Waals surface area (Å²) in [6.07, 6.45) is 5.41. The van der Waals surface area contributed by atoms with Gasteiger partial charge in [0.2, 0.25) is 0 Å². The van der Waals surface area contributed by atoms with E-state index in [1.807, 2.05) is 6.26 Å². The monoisotopic (exact) mass is 263 g/mol. The minimum absolute atomic E-state index is 0.489. The van der Waals surface area contributed by atoms with Gasteiger partial charge in [0, 0.05) is 50.2 Å². The molecule has 1 aromatic heterocycles. The number of hydrogen-bond donors (Lipinski definition) is 1. The van der Waals surface area contributed by atoms with Crippen molar-refractivity contribution in [1.82, 2.24) is 15.1 Å². The lowest BCUT2D eigenvalue weighted by atomic mass is 9.93. The van der Waals surface area contributed by atoms with Crippen LogP contribution in [-0.4, -0.2) is 56.1 Å². The van der Waals surface area contributed by atoms with Crippen molar-refractivity contribution in [3.63, 3.8) is 0 Å². The van der Waals surface area contributed by atoms with E-state index in [1.54, 1.807) is 0 Å². The molecular formula is C15H25N3O. The van der Waals surface area contributed by atoms with Gasteiger partial charge >= 0.3 is 0 Å². The van der Waals surface area contributed by atoms with Gasteiger partial charge in [0.15, 0.2) is 0 Å². The highest BCUT2D eigenvalue weighted by Crippen LogP contribution is 2.30. The third-order valence-corrected chi connectivity index (χ3v) is 4.63. The zero-order valence-electron chi connectivity index (χ0n) is 12.1. The number of nitrogens with one attached hydrogen (secondary N) is 1. The lowest BCUT2D eigenvalue weighted by Gasteiger charge is -2.38. The number of hydrogen-bond acceptors (Lipinski definition) is 4. The minimum atomic E-state index is 0.489. The van der Waals surface area contributed by atoms with Crippen LogP contribution < -0.4 is 5.32 Å². The van der Waals surface area contributed by atoms with E-state index >= 15 is 0 Å². The SMILES string of the molecule is CN1CCN(C)C(CNC2CCCc3occc32)C1. The molecule has 106 valence electrons. The Hall–Kier alpha value is -0.840. The number of nitrogens with zero attached hydrogens (tertiary/aromatic N) is 2. The van der Waals surface area contributed by atoms with Crippen LogP contribution in [-0.2, 0) is 6.42 Å². The molecule has 0 aromatic carbocycles. The first-order valence-corrected chi connectivity index (χ1v) is 7.42. The van der Waals surface area contributed by atoms with Gasteiger partial charge in [-0.05, 0) is 33.0 Å². The van der Waals surface area contributed by atoms with Gasteiger partial charge in [-0.15, -0.1) is 0 Å². The molecule has 1 saturated heterocycles. The summed E-state index contributed by atoms with van der Waals surface area (Å²) >= 11 is 0. The zero-order valence-corrected chi connectivity index (χ0v) is 12.1. The normalized spacial score (nSPS) is 29.4. The molecule has 2 atom stereocenters. The molecule has 2 aliphatic rings. The van der Waals surface area contributed by atoms with Crippen LogP contribution in [0.5, 0.6) is 0 Å². The molecule has 0 spiro atoms. The van der Waals surface area contributed by atoms with Gasteiger partial charge < -0.3 is 14.6 Å². The molecule has 4 nitrogen and oxygen atoms in total. The average Bonchev–Trinajstić information content (AvgIpc) is 2.88. The zero-order chi connectivity index (χ0) is 13.2. The predicted molar refractivity (Wildman–Crippen MR) is 76.3 cm³/mol. The van der Waals surface area contributed by atoms with Crippen LogP contribution in [0.2, 0.25) is 0 Å². The third kappa shape index (κ3) is 2.86. The summed E-state index contributed by atoms with van der Waals surface area (Å²) < 4.78 is 5.56. The predicted octanol–water partition coefficient (Wildman–Crippen LogP) is 1.49. The molecular weight excluding hydrogens is 238 g/mol. The maximum absolute atomic E-state index is 5.56. The highest BCUT2D eigenvalue weighted by Gasteiger charge is 2.26. The van der Waals surface area contributed by atoms with Crippen LogP contribution in [0.4, 0.5) is 0 Å². The standard InChI is InChI=1S/C15H25N3O/c1-17-7-8-18(2)12(11-17)10-16-14-4-3-5-15-13(14)6-9-19-15/h6,9,12,14,16H,3-5,7-8,10-11H2,1-2H3. The van der Waals surface area contributed by atoms with Crippen LogP contribution in [0.1, 0.15) is 30.2 Å². The Bertz CT molecular complexity index is 417. The van der Waals surface area contributed by atoms with Gasteiger partial charge in [-0.2, -0.15) is 0 Å². The number of likely N-dealkylation sites (N-methyl/N-ethyl adjacent to an activating group) is 2. The molecule has 0 saturated carbocycles. The summed E-state index contributed by atoms with van der Waals surface area (Å²) in [7, 11) is 4.46. The van der Waals surface area contributed by atoms with Crippen LogP contribution in [0.25, 0.3) is 0 Å². The van der Waals surface area contributed by atoms with Crippen molar-refractivity contribution in [2.24, 2.45) is 0 Å². The summed E-state index contributed by atoms with van der Waals surface area (Å²) in [4.78, 5) is 4.91. The lowest BCUT2D eigenvalue weighted by molar-refractivity contribution is 0.110. The smallest absolute Gasteiger partial charge is 0.108 e. The molecule has 1 aliphatic heterocycles. The van der Waals surface area contributed by atoms with Crippen molar-refractivity contribution in [3.8, 4) is 0 Å². The summed E-state index contributed by atoms with van der Waals surface area (Å²) in [5.41, 5.74) is 1.39. The van der Waals surface area contributed by atoms with Gasteiger partial charge in [0.25, 0.3) is 0 Å². The van der Waals surface area contributed by atoms with E-state index in [9.17, 15) is 0 Å². The van der Waals surface area contributed by atoms with Crippen LogP contribution >= 0.6 is 0 Å².